The van der Waals surface area contributed by atoms with Gasteiger partial charge in [-0.25, -0.2) is 4.98 Å². The summed E-state index contributed by atoms with van der Waals surface area (Å²) in [5, 5.41) is 4.99. The van der Waals surface area contributed by atoms with Crippen LogP contribution in [-0.2, 0) is 18.7 Å². The first-order chi connectivity index (χ1) is 17.2. The zero-order valence-electron chi connectivity index (χ0n) is 19.3. The Balaban J connectivity index is 0.000000147. The lowest BCUT2D eigenvalue weighted by atomic mass is 9.97. The van der Waals surface area contributed by atoms with Crippen LogP contribution < -0.4 is 21.5 Å². The Bertz CT molecular complexity index is 1360. The van der Waals surface area contributed by atoms with Gasteiger partial charge in [-0.15, -0.1) is 22.9 Å². The summed E-state index contributed by atoms with van der Waals surface area (Å²) in [6.45, 7) is 0. The first-order valence-corrected chi connectivity index (χ1v) is 14.5. The summed E-state index contributed by atoms with van der Waals surface area (Å²) in [6, 6.07) is 32.3. The molecule has 3 nitrogen and oxygen atoms in total. The number of aromatic amines is 1. The molecule has 0 unspecified atom stereocenters. The van der Waals surface area contributed by atoms with Gasteiger partial charge in [0.25, 0.3) is 5.56 Å². The molecule has 0 saturated carbocycles. The molecule has 3 aromatic carbocycles. The fraction of sp³-hybridized carbons (Fsp3) is 0.172. The van der Waals surface area contributed by atoms with Gasteiger partial charge in [-0.1, -0.05) is 91.0 Å². The minimum absolute atomic E-state index is 0.0277. The third-order valence-corrected chi connectivity index (χ3v) is 9.93. The molecule has 5 aromatic rings. The predicted octanol–water partition coefficient (Wildman–Crippen LogP) is 6.05. The van der Waals surface area contributed by atoms with Crippen LogP contribution in [0.1, 0.15) is 29.1 Å². The van der Waals surface area contributed by atoms with E-state index < -0.39 is 7.92 Å². The molecular weight excluding hydrogens is 491 g/mol. The molecule has 176 valence electrons. The Morgan fingerprint density at radius 1 is 0.800 bits per heavy atom. The van der Waals surface area contributed by atoms with E-state index in [1.807, 2.05) is 0 Å². The fourth-order valence-corrected chi connectivity index (χ4v) is 8.16. The number of hydrogen-bond donors (Lipinski definition) is 1. The molecule has 0 bridgehead atoms. The zero-order chi connectivity index (χ0) is 24.0. The summed E-state index contributed by atoms with van der Waals surface area (Å²) in [7, 11) is -0.446. The highest BCUT2D eigenvalue weighted by atomic mass is 35.5. The van der Waals surface area contributed by atoms with Crippen molar-refractivity contribution in [3.8, 4) is 0 Å². The number of aromatic nitrogens is 2. The normalized spacial score (nSPS) is 12.7. The number of rotatable bonds is 4. The van der Waals surface area contributed by atoms with Gasteiger partial charge in [-0.2, -0.15) is 0 Å². The van der Waals surface area contributed by atoms with Gasteiger partial charge < -0.3 is 4.98 Å². The summed E-state index contributed by atoms with van der Waals surface area (Å²) < 4.78 is 0. The number of alkyl halides is 1. The summed E-state index contributed by atoms with van der Waals surface area (Å²) in [6.07, 6.45) is 4.50. The second-order valence-electron chi connectivity index (χ2n) is 8.38. The molecule has 2 aromatic heterocycles. The molecule has 0 saturated heterocycles. The average Bonchev–Trinajstić information content (AvgIpc) is 3.30. The lowest BCUT2D eigenvalue weighted by Gasteiger charge is -2.18. The van der Waals surface area contributed by atoms with Gasteiger partial charge in [0, 0.05) is 4.88 Å². The number of fused-ring (bicyclic) bond motifs is 3. The molecule has 1 aliphatic rings. The Morgan fingerprint density at radius 3 is 1.83 bits per heavy atom. The van der Waals surface area contributed by atoms with Crippen molar-refractivity contribution in [1.82, 2.24) is 9.97 Å². The summed E-state index contributed by atoms with van der Waals surface area (Å²) in [5.74, 6) is 0.825. The van der Waals surface area contributed by atoms with Crippen LogP contribution in [0.5, 0.6) is 0 Å². The van der Waals surface area contributed by atoms with Crippen LogP contribution in [0, 0.1) is 0 Å². The number of H-pyrrole nitrogens is 1. The SMILES string of the molecule is O=c1[nH]c(CCl)nc2sc3c(c12)CCCC3.c1ccc(P(c2ccccc2)c2ccccc2)cc1. The van der Waals surface area contributed by atoms with Gasteiger partial charge in [-0.3, -0.25) is 4.79 Å². The molecule has 1 N–H and O–H groups in total. The topological polar surface area (TPSA) is 45.8 Å². The molecule has 1 aliphatic carbocycles. The number of hydrogen-bond acceptors (Lipinski definition) is 3. The van der Waals surface area contributed by atoms with Crippen LogP contribution in [0.25, 0.3) is 10.2 Å². The van der Waals surface area contributed by atoms with Crippen molar-refractivity contribution >= 4 is 57.0 Å². The van der Waals surface area contributed by atoms with Crippen molar-refractivity contribution in [2.45, 2.75) is 31.6 Å². The zero-order valence-corrected chi connectivity index (χ0v) is 21.8. The predicted molar refractivity (Wildman–Crippen MR) is 152 cm³/mol. The first kappa shape index (κ1) is 23.9. The van der Waals surface area contributed by atoms with Gasteiger partial charge in [0.2, 0.25) is 0 Å². The Labute approximate surface area is 215 Å². The van der Waals surface area contributed by atoms with Gasteiger partial charge in [-0.05, 0) is 55.1 Å². The van der Waals surface area contributed by atoms with E-state index in [-0.39, 0.29) is 11.4 Å². The standard InChI is InChI=1S/C18H15P.C11H11ClN2OS/c1-4-10-16(11-5-1)19(17-12-6-2-7-13-17)18-14-8-3-9-15-18;12-5-8-13-10(15)9-6-3-1-2-4-7(6)16-11(9)14-8/h1-15H;1-5H2,(H,13,14,15). The van der Waals surface area contributed by atoms with E-state index in [0.29, 0.717) is 5.82 Å². The van der Waals surface area contributed by atoms with Crippen molar-refractivity contribution in [3.05, 3.63) is 118 Å². The van der Waals surface area contributed by atoms with E-state index in [9.17, 15) is 4.79 Å². The molecule has 2 heterocycles. The summed E-state index contributed by atoms with van der Waals surface area (Å²) in [4.78, 5) is 21.3. The van der Waals surface area contributed by atoms with E-state index in [2.05, 4.69) is 101 Å². The van der Waals surface area contributed by atoms with Gasteiger partial charge in [0.15, 0.2) is 0 Å². The highest BCUT2D eigenvalue weighted by Crippen LogP contribution is 2.34. The molecule has 0 aliphatic heterocycles. The molecule has 0 radical (unpaired) electrons. The van der Waals surface area contributed by atoms with Gasteiger partial charge in [0.1, 0.15) is 10.7 Å². The van der Waals surface area contributed by atoms with Crippen molar-refractivity contribution in [2.75, 3.05) is 0 Å². The molecule has 0 amide bonds. The highest BCUT2D eigenvalue weighted by Gasteiger charge is 2.19. The number of nitrogens with one attached hydrogen (secondary N) is 1. The Kier molecular flexibility index (Phi) is 7.73. The second kappa shape index (κ2) is 11.3. The van der Waals surface area contributed by atoms with Crippen LogP contribution in [-0.4, -0.2) is 9.97 Å². The molecule has 0 spiro atoms. The smallest absolute Gasteiger partial charge is 0.259 e. The highest BCUT2D eigenvalue weighted by molar-refractivity contribution is 7.79. The molecular formula is C29H26ClN2OPS. The number of halogens is 1. The van der Waals surface area contributed by atoms with Crippen molar-refractivity contribution < 1.29 is 0 Å². The Morgan fingerprint density at radius 2 is 1.31 bits per heavy atom. The minimum atomic E-state index is -0.446. The maximum Gasteiger partial charge on any atom is 0.259 e. The number of aryl methyl sites for hydroxylation is 2. The van der Waals surface area contributed by atoms with Crippen LogP contribution in [0.4, 0.5) is 0 Å². The van der Waals surface area contributed by atoms with E-state index in [1.165, 1.54) is 39.2 Å². The molecule has 0 fully saturated rings. The summed E-state index contributed by atoms with van der Waals surface area (Å²) >= 11 is 7.35. The van der Waals surface area contributed by atoms with Crippen LogP contribution in [0.3, 0.4) is 0 Å². The lowest BCUT2D eigenvalue weighted by molar-refractivity contribution is 0.700. The number of benzene rings is 3. The summed E-state index contributed by atoms with van der Waals surface area (Å²) in [5.41, 5.74) is 1.20. The largest absolute Gasteiger partial charge is 0.309 e. The van der Waals surface area contributed by atoms with E-state index in [4.69, 9.17) is 11.6 Å². The molecule has 6 heteroatoms. The van der Waals surface area contributed by atoms with E-state index in [0.717, 1.165) is 23.1 Å². The third-order valence-electron chi connectivity index (χ3n) is 6.04. The van der Waals surface area contributed by atoms with Crippen molar-refractivity contribution in [2.24, 2.45) is 0 Å². The first-order valence-electron chi connectivity index (χ1n) is 11.8. The van der Waals surface area contributed by atoms with Gasteiger partial charge in [0.05, 0.1) is 11.3 Å². The van der Waals surface area contributed by atoms with Crippen molar-refractivity contribution in [3.63, 3.8) is 0 Å². The van der Waals surface area contributed by atoms with E-state index >= 15 is 0 Å². The van der Waals surface area contributed by atoms with Crippen molar-refractivity contribution in [1.29, 1.82) is 0 Å². The molecule has 0 atom stereocenters. The number of thiophene rings is 1. The minimum Gasteiger partial charge on any atom is -0.309 e. The fourth-order valence-electron chi connectivity index (χ4n) is 4.45. The van der Waals surface area contributed by atoms with Crippen LogP contribution in [0.15, 0.2) is 95.8 Å². The van der Waals surface area contributed by atoms with Crippen LogP contribution >= 0.6 is 30.9 Å². The lowest BCUT2D eigenvalue weighted by Crippen LogP contribution is -2.20. The monoisotopic (exact) mass is 516 g/mol. The molecule has 35 heavy (non-hydrogen) atoms. The average molecular weight is 517 g/mol. The third kappa shape index (κ3) is 5.41. The van der Waals surface area contributed by atoms with Gasteiger partial charge >= 0.3 is 0 Å². The second-order valence-corrected chi connectivity index (χ2v) is 12.0. The number of nitrogens with zero attached hydrogens (tertiary/aromatic N) is 1. The molecule has 6 rings (SSSR count). The Hall–Kier alpha value is -2.78. The van der Waals surface area contributed by atoms with Crippen LogP contribution in [0.2, 0.25) is 0 Å². The maximum atomic E-state index is 11.9. The van der Waals surface area contributed by atoms with E-state index in [1.54, 1.807) is 11.3 Å². The maximum absolute atomic E-state index is 11.9. The quantitative estimate of drug-likeness (QED) is 0.233.